The Kier molecular flexibility index (Phi) is 3.26. The summed E-state index contributed by atoms with van der Waals surface area (Å²) < 4.78 is 24.2. The Labute approximate surface area is 104 Å². The Balaban J connectivity index is 2.33. The van der Waals surface area contributed by atoms with Gasteiger partial charge in [0.25, 0.3) is 0 Å². The largest absolute Gasteiger partial charge is 0.263 e. The van der Waals surface area contributed by atoms with Crippen molar-refractivity contribution in [1.82, 2.24) is 9.97 Å². The molecule has 2 aromatic heterocycles. The molecule has 0 aliphatic rings. The molecule has 0 aliphatic carbocycles. The van der Waals surface area contributed by atoms with Crippen LogP contribution in [0.15, 0.2) is 29.4 Å². The fraction of sp³-hybridized carbons (Fsp3) is 0.273. The van der Waals surface area contributed by atoms with Gasteiger partial charge in [-0.05, 0) is 26.0 Å². The zero-order chi connectivity index (χ0) is 12.5. The van der Waals surface area contributed by atoms with Gasteiger partial charge in [-0.25, -0.2) is 13.4 Å². The maximum absolute atomic E-state index is 12.1. The summed E-state index contributed by atoms with van der Waals surface area (Å²) in [5.41, 5.74) is 0.792. The van der Waals surface area contributed by atoms with Gasteiger partial charge in [-0.15, -0.1) is 11.3 Å². The molecule has 0 aliphatic heterocycles. The average Bonchev–Trinajstić information content (AvgIpc) is 2.58. The average molecular weight is 268 g/mol. The van der Waals surface area contributed by atoms with Crippen molar-refractivity contribution in [2.75, 3.05) is 0 Å². The van der Waals surface area contributed by atoms with E-state index < -0.39 is 9.84 Å². The minimum Gasteiger partial charge on any atom is -0.263 e. The minimum atomic E-state index is -3.31. The molecule has 17 heavy (non-hydrogen) atoms. The first-order chi connectivity index (χ1) is 7.99. The number of pyridine rings is 1. The maximum Gasteiger partial charge on any atom is 0.184 e. The number of nitrogens with zero attached hydrogens (tertiary/aromatic N) is 2. The summed E-state index contributed by atoms with van der Waals surface area (Å²) in [6.07, 6.45) is 2.93. The lowest BCUT2D eigenvalue weighted by molar-refractivity contribution is 0.595. The highest BCUT2D eigenvalue weighted by Gasteiger charge is 2.18. The van der Waals surface area contributed by atoms with Crippen molar-refractivity contribution in [2.45, 2.75) is 24.5 Å². The first-order valence-corrected chi connectivity index (χ1v) is 7.51. The zero-order valence-corrected chi connectivity index (χ0v) is 11.2. The number of aryl methyl sites for hydroxylation is 2. The summed E-state index contributed by atoms with van der Waals surface area (Å²) in [6.45, 7) is 3.70. The zero-order valence-electron chi connectivity index (χ0n) is 9.54. The first-order valence-electron chi connectivity index (χ1n) is 5.05. The number of thiazole rings is 1. The van der Waals surface area contributed by atoms with E-state index in [1.165, 1.54) is 17.5 Å². The van der Waals surface area contributed by atoms with Crippen LogP contribution >= 0.6 is 11.3 Å². The van der Waals surface area contributed by atoms with E-state index >= 15 is 0 Å². The summed E-state index contributed by atoms with van der Waals surface area (Å²) in [5, 5.41) is 0.888. The van der Waals surface area contributed by atoms with Crippen molar-refractivity contribution in [1.29, 1.82) is 0 Å². The van der Waals surface area contributed by atoms with Crippen molar-refractivity contribution in [3.05, 3.63) is 40.1 Å². The Hall–Kier alpha value is -1.27. The molecule has 2 rings (SSSR count). The quantitative estimate of drug-likeness (QED) is 0.855. The third-order valence-corrected chi connectivity index (χ3v) is 5.20. The lowest BCUT2D eigenvalue weighted by Gasteiger charge is -2.02. The van der Waals surface area contributed by atoms with Gasteiger partial charge >= 0.3 is 0 Å². The van der Waals surface area contributed by atoms with E-state index in [1.54, 1.807) is 18.3 Å². The van der Waals surface area contributed by atoms with Crippen LogP contribution in [0.25, 0.3) is 0 Å². The van der Waals surface area contributed by atoms with Crippen molar-refractivity contribution in [3.8, 4) is 0 Å². The molecule has 0 unspecified atom stereocenters. The number of aromatic nitrogens is 2. The van der Waals surface area contributed by atoms with Crippen LogP contribution in [0.4, 0.5) is 0 Å². The number of hydrogen-bond donors (Lipinski definition) is 0. The second kappa shape index (κ2) is 4.54. The molecule has 0 saturated heterocycles. The van der Waals surface area contributed by atoms with E-state index in [4.69, 9.17) is 0 Å². The third-order valence-electron chi connectivity index (χ3n) is 2.31. The Morgan fingerprint density at radius 3 is 2.65 bits per heavy atom. The molecule has 0 N–H and O–H groups in total. The molecule has 6 heteroatoms. The van der Waals surface area contributed by atoms with Crippen molar-refractivity contribution in [2.24, 2.45) is 0 Å². The summed E-state index contributed by atoms with van der Waals surface area (Å²) in [4.78, 5) is 9.11. The molecule has 2 aromatic rings. The normalized spacial score (nSPS) is 11.6. The van der Waals surface area contributed by atoms with Crippen molar-refractivity contribution < 1.29 is 8.42 Å². The van der Waals surface area contributed by atoms with Gasteiger partial charge in [0.1, 0.15) is 0 Å². The van der Waals surface area contributed by atoms with Crippen LogP contribution in [0.2, 0.25) is 0 Å². The van der Waals surface area contributed by atoms with E-state index in [-0.39, 0.29) is 10.6 Å². The summed E-state index contributed by atoms with van der Waals surface area (Å²) in [5.74, 6) is -0.00394. The molecule has 0 atom stereocenters. The van der Waals surface area contributed by atoms with E-state index in [9.17, 15) is 8.42 Å². The molecule has 0 bridgehead atoms. The van der Waals surface area contributed by atoms with E-state index in [1.807, 2.05) is 13.8 Å². The predicted octanol–water partition coefficient (Wildman–Crippen LogP) is 2.13. The standard InChI is InChI=1S/C11H12N2O2S2/c1-8-11(16-9(2)13-8)7-17(14,15)10-4-3-5-12-6-10/h3-6H,7H2,1-2H3. The molecule has 0 fully saturated rings. The van der Waals surface area contributed by atoms with Gasteiger partial charge in [0.2, 0.25) is 0 Å². The van der Waals surface area contributed by atoms with Gasteiger partial charge in [0, 0.05) is 17.3 Å². The highest BCUT2D eigenvalue weighted by atomic mass is 32.2. The second-order valence-corrected chi connectivity index (χ2v) is 6.97. The molecule has 0 saturated carbocycles. The lowest BCUT2D eigenvalue weighted by Crippen LogP contribution is -2.05. The lowest BCUT2D eigenvalue weighted by atomic mass is 10.4. The van der Waals surface area contributed by atoms with Crippen molar-refractivity contribution >= 4 is 21.2 Å². The summed E-state index contributed by atoms with van der Waals surface area (Å²) in [7, 11) is -3.31. The van der Waals surface area contributed by atoms with Gasteiger partial charge in [0.15, 0.2) is 9.84 Å². The molecule has 0 aromatic carbocycles. The van der Waals surface area contributed by atoms with Crippen LogP contribution in [-0.2, 0) is 15.6 Å². The summed E-state index contributed by atoms with van der Waals surface area (Å²) >= 11 is 1.43. The fourth-order valence-corrected chi connectivity index (χ4v) is 4.16. The highest BCUT2D eigenvalue weighted by molar-refractivity contribution is 7.90. The predicted molar refractivity (Wildman–Crippen MR) is 66.7 cm³/mol. The van der Waals surface area contributed by atoms with Crippen molar-refractivity contribution in [3.63, 3.8) is 0 Å². The topological polar surface area (TPSA) is 59.9 Å². The molecule has 90 valence electrons. The third kappa shape index (κ3) is 2.70. The molecule has 0 amide bonds. The molecular formula is C11H12N2O2S2. The number of sulfone groups is 1. The first kappa shape index (κ1) is 12.2. The monoisotopic (exact) mass is 268 g/mol. The number of rotatable bonds is 3. The van der Waals surface area contributed by atoms with Crippen LogP contribution in [0.1, 0.15) is 15.6 Å². The molecular weight excluding hydrogens is 256 g/mol. The summed E-state index contributed by atoms with van der Waals surface area (Å²) in [6, 6.07) is 3.18. The molecule has 2 heterocycles. The molecule has 0 radical (unpaired) electrons. The minimum absolute atomic E-state index is 0.00394. The SMILES string of the molecule is Cc1nc(C)c(CS(=O)(=O)c2cccnc2)s1. The van der Waals surface area contributed by atoms with Crippen LogP contribution in [0.5, 0.6) is 0 Å². The Morgan fingerprint density at radius 1 is 1.35 bits per heavy atom. The van der Waals surface area contributed by atoms with Gasteiger partial charge in [-0.3, -0.25) is 4.98 Å². The van der Waals surface area contributed by atoms with Gasteiger partial charge in [-0.2, -0.15) is 0 Å². The van der Waals surface area contributed by atoms with Gasteiger partial charge < -0.3 is 0 Å². The Bertz CT molecular complexity index is 618. The fourth-order valence-electron chi connectivity index (χ4n) is 1.49. The van der Waals surface area contributed by atoms with Gasteiger partial charge in [-0.1, -0.05) is 0 Å². The second-order valence-electron chi connectivity index (χ2n) is 3.69. The van der Waals surface area contributed by atoms with E-state index in [0.29, 0.717) is 0 Å². The van der Waals surface area contributed by atoms with E-state index in [0.717, 1.165) is 15.6 Å². The molecule has 0 spiro atoms. The smallest absolute Gasteiger partial charge is 0.184 e. The Morgan fingerprint density at radius 2 is 2.12 bits per heavy atom. The van der Waals surface area contributed by atoms with Crippen LogP contribution in [0.3, 0.4) is 0 Å². The molecule has 4 nitrogen and oxygen atoms in total. The maximum atomic E-state index is 12.1. The van der Waals surface area contributed by atoms with Crippen LogP contribution in [-0.4, -0.2) is 18.4 Å². The van der Waals surface area contributed by atoms with Crippen LogP contribution in [0, 0.1) is 13.8 Å². The van der Waals surface area contributed by atoms with Gasteiger partial charge in [0.05, 0.1) is 21.3 Å². The van der Waals surface area contributed by atoms with E-state index in [2.05, 4.69) is 9.97 Å². The highest BCUT2D eigenvalue weighted by Crippen LogP contribution is 2.23. The number of hydrogen-bond acceptors (Lipinski definition) is 5. The van der Waals surface area contributed by atoms with Crippen LogP contribution < -0.4 is 0 Å².